The summed E-state index contributed by atoms with van der Waals surface area (Å²) in [4.78, 5) is 41.6. The number of carbonyl (C=O) groups is 1. The zero-order valence-electron chi connectivity index (χ0n) is 17.0. The normalized spacial score (nSPS) is 10.7. The third kappa shape index (κ3) is 4.48. The maximum absolute atomic E-state index is 12.4. The molecule has 4 aromatic rings. The highest BCUT2D eigenvalue weighted by Crippen LogP contribution is 2.26. The molecule has 0 saturated carbocycles. The Morgan fingerprint density at radius 2 is 1.90 bits per heavy atom. The van der Waals surface area contributed by atoms with Gasteiger partial charge in [0.25, 0.3) is 11.5 Å². The molecule has 0 aliphatic carbocycles. The van der Waals surface area contributed by atoms with E-state index < -0.39 is 11.5 Å². The van der Waals surface area contributed by atoms with Crippen molar-refractivity contribution < 1.29 is 9.53 Å². The summed E-state index contributed by atoms with van der Waals surface area (Å²) in [5.41, 5.74) is 1.03. The van der Waals surface area contributed by atoms with Gasteiger partial charge in [-0.1, -0.05) is 0 Å². The smallest absolute Gasteiger partial charge is 0.266 e. The van der Waals surface area contributed by atoms with Crippen molar-refractivity contribution in [1.82, 2.24) is 24.5 Å². The van der Waals surface area contributed by atoms with Gasteiger partial charge in [-0.2, -0.15) is 0 Å². The van der Waals surface area contributed by atoms with Crippen LogP contribution < -0.4 is 15.6 Å². The fourth-order valence-electron chi connectivity index (χ4n) is 2.71. The number of hydrogen-bond acceptors (Lipinski definition) is 8. The van der Waals surface area contributed by atoms with Gasteiger partial charge in [-0.25, -0.2) is 15.0 Å². The summed E-state index contributed by atoms with van der Waals surface area (Å²) >= 11 is 1.55. The molecule has 156 valence electrons. The Bertz CT molecular complexity index is 1310. The Labute approximate surface area is 181 Å². The molecule has 4 rings (SSSR count). The molecular weight excluding hydrogens is 416 g/mol. The lowest BCUT2D eigenvalue weighted by Gasteiger charge is -2.09. The second-order valence-electron chi connectivity index (χ2n) is 6.65. The quantitative estimate of drug-likeness (QED) is 0.512. The molecule has 4 heterocycles. The fraction of sp³-hybridized carbons (Fsp3) is 0.143. The molecule has 0 saturated heterocycles. The molecule has 31 heavy (non-hydrogen) atoms. The highest BCUT2D eigenvalue weighted by Gasteiger charge is 2.14. The van der Waals surface area contributed by atoms with Gasteiger partial charge in [-0.15, -0.1) is 11.3 Å². The summed E-state index contributed by atoms with van der Waals surface area (Å²) in [6, 6.07) is 6.79. The minimum atomic E-state index is -0.577. The summed E-state index contributed by atoms with van der Waals surface area (Å²) in [5, 5.41) is 5.50. The Kier molecular flexibility index (Phi) is 5.54. The van der Waals surface area contributed by atoms with Gasteiger partial charge in [0.15, 0.2) is 0 Å². The van der Waals surface area contributed by atoms with E-state index in [1.54, 1.807) is 55.8 Å². The van der Waals surface area contributed by atoms with E-state index in [9.17, 15) is 9.59 Å². The Balaban J connectivity index is 1.46. The first-order chi connectivity index (χ1) is 14.9. The predicted octanol–water partition coefficient (Wildman–Crippen LogP) is 3.36. The van der Waals surface area contributed by atoms with Gasteiger partial charge in [0.1, 0.15) is 28.7 Å². The summed E-state index contributed by atoms with van der Waals surface area (Å²) in [5.74, 6) is 1.30. The lowest BCUT2D eigenvalue weighted by atomic mass is 10.3. The van der Waals surface area contributed by atoms with Crippen molar-refractivity contribution in [2.24, 2.45) is 7.05 Å². The average Bonchev–Trinajstić information content (AvgIpc) is 3.20. The minimum Gasteiger partial charge on any atom is -0.456 e. The van der Waals surface area contributed by atoms with Crippen LogP contribution in [-0.4, -0.2) is 30.4 Å². The molecule has 0 aromatic carbocycles. The molecule has 0 aliphatic heterocycles. The van der Waals surface area contributed by atoms with Gasteiger partial charge in [-0.05, 0) is 32.0 Å². The molecule has 1 N–H and O–H groups in total. The van der Waals surface area contributed by atoms with Crippen molar-refractivity contribution in [1.29, 1.82) is 0 Å². The lowest BCUT2D eigenvalue weighted by molar-refractivity contribution is 0.102. The SMILES string of the molecule is Cc1nc(-c2cc(Oc3ccc(NC(=O)c4cnc(C)n(C)c4=O)nc3)ccn2)cs1. The van der Waals surface area contributed by atoms with E-state index >= 15 is 0 Å². The van der Waals surface area contributed by atoms with Crippen molar-refractivity contribution in [3.63, 3.8) is 0 Å². The van der Waals surface area contributed by atoms with Crippen molar-refractivity contribution >= 4 is 23.1 Å². The van der Waals surface area contributed by atoms with Crippen LogP contribution in [0.3, 0.4) is 0 Å². The van der Waals surface area contributed by atoms with Crippen LogP contribution in [0, 0.1) is 13.8 Å². The van der Waals surface area contributed by atoms with E-state index in [-0.39, 0.29) is 11.4 Å². The van der Waals surface area contributed by atoms with E-state index in [0.29, 0.717) is 23.0 Å². The number of rotatable bonds is 5. The molecule has 10 heteroatoms. The maximum atomic E-state index is 12.4. The maximum Gasteiger partial charge on any atom is 0.266 e. The number of carbonyl (C=O) groups excluding carboxylic acids is 1. The number of amides is 1. The minimum absolute atomic E-state index is 0.0585. The molecule has 4 aromatic heterocycles. The van der Waals surface area contributed by atoms with Gasteiger partial charge in [-0.3, -0.25) is 19.1 Å². The summed E-state index contributed by atoms with van der Waals surface area (Å²) in [6.07, 6.45) is 4.39. The van der Waals surface area contributed by atoms with E-state index in [1.807, 2.05) is 12.3 Å². The number of aromatic nitrogens is 5. The van der Waals surface area contributed by atoms with Crippen LogP contribution in [0.4, 0.5) is 5.82 Å². The van der Waals surface area contributed by atoms with Crippen LogP contribution in [0.25, 0.3) is 11.4 Å². The fourth-order valence-corrected chi connectivity index (χ4v) is 3.32. The van der Waals surface area contributed by atoms with Crippen LogP contribution in [0.2, 0.25) is 0 Å². The largest absolute Gasteiger partial charge is 0.456 e. The predicted molar refractivity (Wildman–Crippen MR) is 117 cm³/mol. The number of anilines is 1. The van der Waals surface area contributed by atoms with Crippen molar-refractivity contribution in [2.75, 3.05) is 5.32 Å². The number of nitrogens with zero attached hydrogens (tertiary/aromatic N) is 5. The number of ether oxygens (including phenoxy) is 1. The van der Waals surface area contributed by atoms with E-state index in [0.717, 1.165) is 10.7 Å². The van der Waals surface area contributed by atoms with Crippen LogP contribution in [0.15, 0.2) is 53.0 Å². The number of hydrogen-bond donors (Lipinski definition) is 1. The summed E-state index contributed by atoms with van der Waals surface area (Å²) < 4.78 is 7.15. The van der Waals surface area contributed by atoms with Crippen LogP contribution in [0.5, 0.6) is 11.5 Å². The summed E-state index contributed by atoms with van der Waals surface area (Å²) in [6.45, 7) is 3.63. The average molecular weight is 434 g/mol. The standard InChI is InChI=1S/C21H18N6O3S/c1-12-23-10-16(21(29)27(12)3)20(28)26-19-5-4-15(9-24-19)30-14-6-7-22-17(8-14)18-11-31-13(2)25-18/h4-11H,1-3H3,(H,24,26,28). The zero-order valence-corrected chi connectivity index (χ0v) is 17.8. The number of pyridine rings is 2. The van der Waals surface area contributed by atoms with Crippen molar-refractivity contribution in [3.05, 3.63) is 75.0 Å². The molecule has 0 fully saturated rings. The molecule has 0 spiro atoms. The second kappa shape index (κ2) is 8.44. The molecule has 1 amide bonds. The summed E-state index contributed by atoms with van der Waals surface area (Å²) in [7, 11) is 1.56. The molecule has 0 unspecified atom stereocenters. The third-order valence-electron chi connectivity index (χ3n) is 4.47. The first-order valence-electron chi connectivity index (χ1n) is 9.27. The Morgan fingerprint density at radius 1 is 1.06 bits per heavy atom. The van der Waals surface area contributed by atoms with Crippen molar-refractivity contribution in [2.45, 2.75) is 13.8 Å². The van der Waals surface area contributed by atoms with E-state index in [2.05, 4.69) is 25.3 Å². The monoisotopic (exact) mass is 434 g/mol. The van der Waals surface area contributed by atoms with Crippen LogP contribution in [-0.2, 0) is 7.05 Å². The second-order valence-corrected chi connectivity index (χ2v) is 7.71. The molecule has 9 nitrogen and oxygen atoms in total. The topological polar surface area (TPSA) is 112 Å². The third-order valence-corrected chi connectivity index (χ3v) is 5.25. The van der Waals surface area contributed by atoms with Crippen LogP contribution in [0.1, 0.15) is 21.2 Å². The van der Waals surface area contributed by atoms with Gasteiger partial charge in [0.2, 0.25) is 0 Å². The highest BCUT2D eigenvalue weighted by molar-refractivity contribution is 7.09. The Morgan fingerprint density at radius 3 is 2.61 bits per heavy atom. The number of thiazole rings is 1. The van der Waals surface area contributed by atoms with Gasteiger partial charge in [0, 0.05) is 30.9 Å². The molecule has 0 radical (unpaired) electrons. The van der Waals surface area contributed by atoms with E-state index in [1.165, 1.54) is 17.0 Å². The van der Waals surface area contributed by atoms with Crippen LogP contribution >= 0.6 is 11.3 Å². The lowest BCUT2D eigenvalue weighted by Crippen LogP contribution is -2.29. The van der Waals surface area contributed by atoms with Gasteiger partial charge < -0.3 is 10.1 Å². The first kappa shape index (κ1) is 20.4. The molecule has 0 aliphatic rings. The number of aryl methyl sites for hydroxylation is 2. The molecular formula is C21H18N6O3S. The molecule has 0 bridgehead atoms. The van der Waals surface area contributed by atoms with Crippen molar-refractivity contribution in [3.8, 4) is 22.9 Å². The molecule has 0 atom stereocenters. The van der Waals surface area contributed by atoms with Gasteiger partial charge in [0.05, 0.1) is 22.6 Å². The zero-order chi connectivity index (χ0) is 22.0. The number of nitrogens with one attached hydrogen (secondary N) is 1. The highest BCUT2D eigenvalue weighted by atomic mass is 32.1. The van der Waals surface area contributed by atoms with E-state index in [4.69, 9.17) is 4.74 Å². The Hall–Kier alpha value is -3.92. The van der Waals surface area contributed by atoms with Gasteiger partial charge >= 0.3 is 0 Å². The first-order valence-corrected chi connectivity index (χ1v) is 10.1.